The topological polar surface area (TPSA) is 113 Å². The van der Waals surface area contributed by atoms with E-state index >= 15 is 0 Å². The number of ether oxygens (including phenoxy) is 1. The number of amides is 1. The van der Waals surface area contributed by atoms with E-state index in [2.05, 4.69) is 5.32 Å². The van der Waals surface area contributed by atoms with Crippen molar-refractivity contribution in [2.24, 2.45) is 0 Å². The van der Waals surface area contributed by atoms with Gasteiger partial charge >= 0.3 is 0 Å². The van der Waals surface area contributed by atoms with Crippen molar-refractivity contribution >= 4 is 48.9 Å². The van der Waals surface area contributed by atoms with Crippen LogP contribution in [0.1, 0.15) is 19.3 Å². The van der Waals surface area contributed by atoms with Crippen molar-refractivity contribution in [3.8, 4) is 5.75 Å². The fourth-order valence-corrected chi connectivity index (χ4v) is 6.29. The zero-order valence-corrected chi connectivity index (χ0v) is 20.7. The van der Waals surface area contributed by atoms with Crippen LogP contribution >= 0.6 is 11.6 Å². The number of halogens is 1. The summed E-state index contributed by atoms with van der Waals surface area (Å²) in [6.07, 6.45) is 3.52. The summed E-state index contributed by atoms with van der Waals surface area (Å²) in [5, 5.41) is 2.90. The van der Waals surface area contributed by atoms with Crippen molar-refractivity contribution in [2.45, 2.75) is 24.2 Å². The van der Waals surface area contributed by atoms with E-state index in [1.807, 2.05) is 0 Å². The first-order chi connectivity index (χ1) is 15.5. The third-order valence-electron chi connectivity index (χ3n) is 5.16. The van der Waals surface area contributed by atoms with Gasteiger partial charge in [0.05, 0.1) is 19.1 Å². The minimum Gasteiger partial charge on any atom is -0.495 e. The highest BCUT2D eigenvalue weighted by Crippen LogP contribution is 2.31. The highest BCUT2D eigenvalue weighted by molar-refractivity contribution is 7.92. The molecule has 2 aromatic carbocycles. The van der Waals surface area contributed by atoms with Crippen LogP contribution in [0.3, 0.4) is 0 Å². The van der Waals surface area contributed by atoms with E-state index in [9.17, 15) is 21.6 Å². The highest BCUT2D eigenvalue weighted by atomic mass is 35.5. The van der Waals surface area contributed by atoms with Crippen LogP contribution in [0.2, 0.25) is 5.02 Å². The smallest absolute Gasteiger partial charge is 0.246 e. The number of sulfonamides is 2. The number of anilines is 2. The summed E-state index contributed by atoms with van der Waals surface area (Å²) in [6.45, 7) is 0.329. The van der Waals surface area contributed by atoms with Crippen LogP contribution in [0.5, 0.6) is 5.75 Å². The molecule has 0 atom stereocenters. The van der Waals surface area contributed by atoms with Crippen LogP contribution in [0.15, 0.2) is 47.4 Å². The Hall–Kier alpha value is -2.34. The molecule has 12 heteroatoms. The Morgan fingerprint density at radius 1 is 1.09 bits per heavy atom. The van der Waals surface area contributed by atoms with Crippen molar-refractivity contribution in [1.82, 2.24) is 4.31 Å². The van der Waals surface area contributed by atoms with Crippen LogP contribution in [0, 0.1) is 0 Å². The predicted molar refractivity (Wildman–Crippen MR) is 128 cm³/mol. The third-order valence-corrected chi connectivity index (χ3v) is 8.46. The molecular weight excluding hydrogens is 490 g/mol. The van der Waals surface area contributed by atoms with Crippen molar-refractivity contribution in [3.63, 3.8) is 0 Å². The molecular formula is C21H26ClN3O6S2. The molecule has 1 saturated heterocycles. The zero-order chi connectivity index (χ0) is 24.2. The molecule has 1 N–H and O–H groups in total. The second-order valence-corrected chi connectivity index (χ2v) is 11.9. The molecule has 0 aromatic heterocycles. The molecule has 0 radical (unpaired) electrons. The van der Waals surface area contributed by atoms with Gasteiger partial charge in [0, 0.05) is 23.8 Å². The molecule has 0 saturated carbocycles. The van der Waals surface area contributed by atoms with Crippen molar-refractivity contribution in [1.29, 1.82) is 0 Å². The Bertz CT molecular complexity index is 1230. The molecule has 1 aliphatic rings. The lowest BCUT2D eigenvalue weighted by atomic mass is 10.2. The minimum atomic E-state index is -3.82. The zero-order valence-electron chi connectivity index (χ0n) is 18.3. The van der Waals surface area contributed by atoms with Gasteiger partial charge in [0.1, 0.15) is 17.2 Å². The summed E-state index contributed by atoms with van der Waals surface area (Å²) < 4.78 is 58.5. The number of carbonyl (C=O) groups excluding carboxylic acids is 1. The molecule has 2 aromatic rings. The number of nitrogens with zero attached hydrogens (tertiary/aromatic N) is 2. The first-order valence-corrected chi connectivity index (χ1v) is 13.9. The van der Waals surface area contributed by atoms with Crippen LogP contribution in [0.25, 0.3) is 0 Å². The molecule has 0 aliphatic carbocycles. The first kappa shape index (κ1) is 25.3. The predicted octanol–water partition coefficient (Wildman–Crippen LogP) is 2.93. The van der Waals surface area contributed by atoms with Gasteiger partial charge in [-0.2, -0.15) is 4.31 Å². The van der Waals surface area contributed by atoms with E-state index < -0.39 is 32.5 Å². The maximum absolute atomic E-state index is 13.2. The third kappa shape index (κ3) is 6.17. The largest absolute Gasteiger partial charge is 0.495 e. The van der Waals surface area contributed by atoms with E-state index in [0.29, 0.717) is 18.1 Å². The molecule has 3 rings (SSSR count). The fourth-order valence-electron chi connectivity index (χ4n) is 3.56. The second-order valence-electron chi connectivity index (χ2n) is 7.63. The summed E-state index contributed by atoms with van der Waals surface area (Å²) >= 11 is 5.96. The van der Waals surface area contributed by atoms with Crippen LogP contribution in [-0.4, -0.2) is 60.0 Å². The number of hydrogen-bond acceptors (Lipinski definition) is 6. The van der Waals surface area contributed by atoms with Crippen LogP contribution < -0.4 is 14.4 Å². The Morgan fingerprint density at radius 3 is 2.39 bits per heavy atom. The van der Waals surface area contributed by atoms with Crippen molar-refractivity contribution in [3.05, 3.63) is 47.5 Å². The van der Waals surface area contributed by atoms with Crippen molar-refractivity contribution in [2.75, 3.05) is 42.6 Å². The average Bonchev–Trinajstić information content (AvgIpc) is 2.77. The summed E-state index contributed by atoms with van der Waals surface area (Å²) in [5.41, 5.74) is 0.444. The van der Waals surface area contributed by atoms with E-state index in [1.54, 1.807) is 12.1 Å². The molecule has 1 heterocycles. The number of piperidine rings is 1. The lowest BCUT2D eigenvalue weighted by Gasteiger charge is -2.26. The van der Waals surface area contributed by atoms with Gasteiger partial charge in [-0.1, -0.05) is 24.1 Å². The normalized spacial score (nSPS) is 15.1. The lowest BCUT2D eigenvalue weighted by molar-refractivity contribution is -0.114. The number of methoxy groups -OCH3 is 1. The van der Waals surface area contributed by atoms with E-state index in [4.69, 9.17) is 16.3 Å². The number of benzene rings is 2. The van der Waals surface area contributed by atoms with Crippen molar-refractivity contribution < 1.29 is 26.4 Å². The van der Waals surface area contributed by atoms with Gasteiger partial charge < -0.3 is 10.1 Å². The van der Waals surface area contributed by atoms with Crippen LogP contribution in [0.4, 0.5) is 11.4 Å². The van der Waals surface area contributed by atoms with Crippen LogP contribution in [-0.2, 0) is 24.8 Å². The quantitative estimate of drug-likeness (QED) is 0.578. The standard InChI is InChI=1S/C21H26ClN3O6S2/c1-31-19-10-9-17(14-20(19)33(29,30)24-11-4-3-5-12-24)23-21(26)15-25(32(2,27)28)18-8-6-7-16(22)13-18/h6-10,13-14H,3-5,11-12,15H2,1-2H3,(H,23,26). The van der Waals surface area contributed by atoms with E-state index in [1.165, 1.54) is 41.7 Å². The molecule has 0 bridgehead atoms. The monoisotopic (exact) mass is 515 g/mol. The molecule has 1 fully saturated rings. The summed E-state index contributed by atoms with van der Waals surface area (Å²) in [7, 11) is -6.24. The molecule has 33 heavy (non-hydrogen) atoms. The highest BCUT2D eigenvalue weighted by Gasteiger charge is 2.29. The number of nitrogens with one attached hydrogen (secondary N) is 1. The fraction of sp³-hybridized carbons (Fsp3) is 0.381. The minimum absolute atomic E-state index is 0.0560. The van der Waals surface area contributed by atoms with Gasteiger partial charge in [0.15, 0.2) is 0 Å². The molecule has 180 valence electrons. The van der Waals surface area contributed by atoms with E-state index in [-0.39, 0.29) is 22.0 Å². The Morgan fingerprint density at radius 2 is 1.79 bits per heavy atom. The Labute approximate surface area is 199 Å². The Kier molecular flexibility index (Phi) is 7.88. The van der Waals surface area contributed by atoms with E-state index in [0.717, 1.165) is 29.8 Å². The van der Waals surface area contributed by atoms with Gasteiger partial charge in [-0.05, 0) is 49.2 Å². The Balaban J connectivity index is 1.85. The molecule has 9 nitrogen and oxygen atoms in total. The summed E-state index contributed by atoms with van der Waals surface area (Å²) in [6, 6.07) is 10.4. The second kappa shape index (κ2) is 10.3. The van der Waals surface area contributed by atoms with Gasteiger partial charge in [-0.25, -0.2) is 16.8 Å². The average molecular weight is 516 g/mol. The number of carbonyl (C=O) groups is 1. The summed E-state index contributed by atoms with van der Waals surface area (Å²) in [4.78, 5) is 12.6. The maximum Gasteiger partial charge on any atom is 0.246 e. The molecule has 1 aliphatic heterocycles. The summed E-state index contributed by atoms with van der Waals surface area (Å²) in [5.74, 6) is -0.484. The lowest BCUT2D eigenvalue weighted by Crippen LogP contribution is -2.37. The van der Waals surface area contributed by atoms with Gasteiger partial charge in [0.25, 0.3) is 0 Å². The number of rotatable bonds is 8. The van der Waals surface area contributed by atoms with Gasteiger partial charge in [-0.15, -0.1) is 0 Å². The maximum atomic E-state index is 13.2. The first-order valence-electron chi connectivity index (χ1n) is 10.2. The van der Waals surface area contributed by atoms with Gasteiger partial charge in [-0.3, -0.25) is 9.10 Å². The SMILES string of the molecule is COc1ccc(NC(=O)CN(c2cccc(Cl)c2)S(C)(=O)=O)cc1S(=O)(=O)N1CCCCC1. The number of hydrogen-bond donors (Lipinski definition) is 1. The molecule has 0 unspecified atom stereocenters. The molecule has 1 amide bonds. The molecule has 0 spiro atoms. The van der Waals surface area contributed by atoms with Gasteiger partial charge in [0.2, 0.25) is 26.0 Å².